The Kier molecular flexibility index (Phi) is 6.22. The second-order valence-corrected chi connectivity index (χ2v) is 7.73. The lowest BCUT2D eigenvalue weighted by Gasteiger charge is -2.14. The first kappa shape index (κ1) is 18.9. The van der Waals surface area contributed by atoms with Gasteiger partial charge in [-0.25, -0.2) is 4.98 Å². The number of hydrogen-bond donors (Lipinski definition) is 2. The lowest BCUT2D eigenvalue weighted by Crippen LogP contribution is -2.19. The largest absolute Gasteiger partial charge is 0.477 e. The number of H-pyrrole nitrogens is 1. The van der Waals surface area contributed by atoms with Crippen molar-refractivity contribution in [3.05, 3.63) is 53.1 Å². The monoisotopic (exact) mass is 378 g/mol. The van der Waals surface area contributed by atoms with Crippen LogP contribution in [0.2, 0.25) is 0 Å². The first-order valence-corrected chi connectivity index (χ1v) is 10.5. The van der Waals surface area contributed by atoms with Gasteiger partial charge in [0.25, 0.3) is 0 Å². The minimum Gasteiger partial charge on any atom is -0.477 e. The van der Waals surface area contributed by atoms with E-state index < -0.39 is 0 Å². The molecule has 4 rings (SSSR count). The van der Waals surface area contributed by atoms with Crippen LogP contribution >= 0.6 is 0 Å². The number of hydrogen-bond acceptors (Lipinski definition) is 4. The topological polar surface area (TPSA) is 62.8 Å². The summed E-state index contributed by atoms with van der Waals surface area (Å²) >= 11 is 0. The molecule has 2 N–H and O–H groups in total. The van der Waals surface area contributed by atoms with Crippen LogP contribution in [0.4, 0.5) is 0 Å². The molecule has 0 fully saturated rings. The highest BCUT2D eigenvalue weighted by molar-refractivity contribution is 5.83. The van der Waals surface area contributed by atoms with Crippen LogP contribution in [0.3, 0.4) is 0 Å². The van der Waals surface area contributed by atoms with E-state index in [-0.39, 0.29) is 0 Å². The summed E-state index contributed by atoms with van der Waals surface area (Å²) in [7, 11) is 0. The number of rotatable bonds is 9. The van der Waals surface area contributed by atoms with Gasteiger partial charge >= 0.3 is 0 Å². The van der Waals surface area contributed by atoms with Crippen molar-refractivity contribution in [2.75, 3.05) is 19.7 Å². The van der Waals surface area contributed by atoms with E-state index in [1.165, 1.54) is 34.9 Å². The van der Waals surface area contributed by atoms with Gasteiger partial charge in [-0.1, -0.05) is 11.6 Å². The van der Waals surface area contributed by atoms with Crippen molar-refractivity contribution in [1.82, 2.24) is 20.3 Å². The van der Waals surface area contributed by atoms with Crippen molar-refractivity contribution in [2.45, 2.75) is 51.9 Å². The number of fused-ring (bicyclic) bond motifs is 2. The van der Waals surface area contributed by atoms with Crippen LogP contribution in [0.25, 0.3) is 10.9 Å². The van der Waals surface area contributed by atoms with Gasteiger partial charge < -0.3 is 15.0 Å². The Hall–Kier alpha value is -2.40. The van der Waals surface area contributed by atoms with Crippen LogP contribution in [0.5, 0.6) is 5.88 Å². The molecule has 28 heavy (non-hydrogen) atoms. The maximum Gasteiger partial charge on any atom is 0.232 e. The highest BCUT2D eigenvalue weighted by Crippen LogP contribution is 2.20. The zero-order valence-electron chi connectivity index (χ0n) is 16.8. The molecular formula is C23H30N4O. The van der Waals surface area contributed by atoms with Crippen LogP contribution in [-0.4, -0.2) is 34.6 Å². The second-order valence-electron chi connectivity index (χ2n) is 7.73. The zero-order valence-corrected chi connectivity index (χ0v) is 16.8. The number of unbranched alkanes of at least 4 members (excludes halogenated alkanes) is 1. The summed E-state index contributed by atoms with van der Waals surface area (Å²) < 4.78 is 5.79. The normalized spacial score (nSPS) is 13.6. The summed E-state index contributed by atoms with van der Waals surface area (Å²) in [4.78, 5) is 12.5. The number of aryl methyl sites for hydroxylation is 3. The molecule has 0 aliphatic heterocycles. The number of aromatic nitrogens is 3. The molecule has 0 amide bonds. The van der Waals surface area contributed by atoms with Crippen molar-refractivity contribution >= 4 is 10.9 Å². The summed E-state index contributed by atoms with van der Waals surface area (Å²) in [5.74, 6) is 0.684. The van der Waals surface area contributed by atoms with Crippen LogP contribution in [0.15, 0.2) is 30.6 Å². The molecule has 2 heterocycles. The summed E-state index contributed by atoms with van der Waals surface area (Å²) in [6, 6.07) is 6.58. The quantitative estimate of drug-likeness (QED) is 0.550. The molecule has 0 unspecified atom stereocenters. The molecule has 0 radical (unpaired) electrons. The van der Waals surface area contributed by atoms with Crippen LogP contribution in [0, 0.1) is 6.92 Å². The molecule has 0 spiro atoms. The van der Waals surface area contributed by atoms with E-state index in [0.29, 0.717) is 12.5 Å². The Morgan fingerprint density at radius 2 is 2.00 bits per heavy atom. The standard InChI is InChI=1S/C23H30N4O/c1-17-8-9-20-19(14-17)18(15-25-20)10-12-24-11-4-5-13-28-23-16-26-21-6-2-3-7-22(21)27-23/h8-9,14-16,24-25H,2-7,10-13H2,1H3. The van der Waals surface area contributed by atoms with E-state index in [9.17, 15) is 0 Å². The minimum absolute atomic E-state index is 0.684. The smallest absolute Gasteiger partial charge is 0.232 e. The van der Waals surface area contributed by atoms with E-state index >= 15 is 0 Å². The summed E-state index contributed by atoms with van der Waals surface area (Å²) in [5, 5.41) is 4.89. The molecular weight excluding hydrogens is 348 g/mol. The molecule has 1 aromatic carbocycles. The van der Waals surface area contributed by atoms with Gasteiger partial charge in [0.15, 0.2) is 0 Å². The van der Waals surface area contributed by atoms with Gasteiger partial charge in [-0.05, 0) is 82.7 Å². The van der Waals surface area contributed by atoms with Gasteiger partial charge in [-0.3, -0.25) is 4.98 Å². The van der Waals surface area contributed by atoms with Gasteiger partial charge in [0, 0.05) is 17.1 Å². The maximum atomic E-state index is 5.79. The summed E-state index contributed by atoms with van der Waals surface area (Å²) in [6.07, 6.45) is 11.6. The van der Waals surface area contributed by atoms with Gasteiger partial charge in [0.1, 0.15) is 0 Å². The van der Waals surface area contributed by atoms with Crippen molar-refractivity contribution in [2.24, 2.45) is 0 Å². The molecule has 3 aromatic rings. The van der Waals surface area contributed by atoms with E-state index in [1.54, 1.807) is 6.20 Å². The van der Waals surface area contributed by atoms with Crippen molar-refractivity contribution < 1.29 is 4.74 Å². The Morgan fingerprint density at radius 1 is 1.11 bits per heavy atom. The van der Waals surface area contributed by atoms with Crippen molar-refractivity contribution in [3.8, 4) is 5.88 Å². The fourth-order valence-corrected chi connectivity index (χ4v) is 3.87. The Bertz CT molecular complexity index is 918. The lowest BCUT2D eigenvalue weighted by molar-refractivity contribution is 0.291. The molecule has 0 bridgehead atoms. The lowest BCUT2D eigenvalue weighted by atomic mass is 10.0. The average Bonchev–Trinajstić information content (AvgIpc) is 3.12. The van der Waals surface area contributed by atoms with Crippen molar-refractivity contribution in [3.63, 3.8) is 0 Å². The molecule has 2 aromatic heterocycles. The number of nitrogens with zero attached hydrogens (tertiary/aromatic N) is 2. The van der Waals surface area contributed by atoms with Gasteiger partial charge in [-0.2, -0.15) is 0 Å². The molecule has 1 aliphatic rings. The first-order chi connectivity index (χ1) is 13.8. The maximum absolute atomic E-state index is 5.79. The predicted molar refractivity (Wildman–Crippen MR) is 113 cm³/mol. The SMILES string of the molecule is Cc1ccc2[nH]cc(CCNCCCCOc3cnc4c(n3)CCCC4)c2c1. The van der Waals surface area contributed by atoms with Crippen molar-refractivity contribution in [1.29, 1.82) is 0 Å². The number of benzene rings is 1. The molecule has 0 atom stereocenters. The molecule has 148 valence electrons. The summed E-state index contributed by atoms with van der Waals surface area (Å²) in [5.41, 5.74) is 6.22. The number of aromatic amines is 1. The third kappa shape index (κ3) is 4.71. The van der Waals surface area contributed by atoms with Gasteiger partial charge in [0.05, 0.1) is 24.2 Å². The zero-order chi connectivity index (χ0) is 19.2. The molecule has 1 aliphatic carbocycles. The van der Waals surface area contributed by atoms with E-state index in [4.69, 9.17) is 4.74 Å². The first-order valence-electron chi connectivity index (χ1n) is 10.5. The highest BCUT2D eigenvalue weighted by atomic mass is 16.5. The predicted octanol–water partition coefficient (Wildman–Crippen LogP) is 4.14. The van der Waals surface area contributed by atoms with Crippen LogP contribution in [-0.2, 0) is 19.3 Å². The average molecular weight is 379 g/mol. The Morgan fingerprint density at radius 3 is 2.93 bits per heavy atom. The molecule has 5 nitrogen and oxygen atoms in total. The molecule has 0 saturated carbocycles. The van der Waals surface area contributed by atoms with Gasteiger partial charge in [0.2, 0.25) is 5.88 Å². The van der Waals surface area contributed by atoms with Crippen LogP contribution < -0.4 is 10.1 Å². The fraction of sp³-hybridized carbons (Fsp3) is 0.478. The Labute approximate surface area is 166 Å². The van der Waals surface area contributed by atoms with E-state index in [0.717, 1.165) is 56.6 Å². The Balaban J connectivity index is 1.11. The van der Waals surface area contributed by atoms with E-state index in [1.807, 2.05) is 0 Å². The van der Waals surface area contributed by atoms with Crippen LogP contribution in [0.1, 0.15) is 48.2 Å². The minimum atomic E-state index is 0.684. The summed E-state index contributed by atoms with van der Waals surface area (Å²) in [6.45, 7) is 4.86. The molecule has 5 heteroatoms. The number of ether oxygens (including phenoxy) is 1. The number of nitrogens with one attached hydrogen (secondary N) is 2. The fourth-order valence-electron chi connectivity index (χ4n) is 3.87. The highest BCUT2D eigenvalue weighted by Gasteiger charge is 2.12. The van der Waals surface area contributed by atoms with Gasteiger partial charge in [-0.15, -0.1) is 0 Å². The van der Waals surface area contributed by atoms with E-state index in [2.05, 4.69) is 51.6 Å². The third-order valence-electron chi connectivity index (χ3n) is 5.48. The third-order valence-corrected chi connectivity index (χ3v) is 5.48. The second kappa shape index (κ2) is 9.20. The molecule has 0 saturated heterocycles.